The van der Waals surface area contributed by atoms with E-state index in [-0.39, 0.29) is 12.1 Å². The first kappa shape index (κ1) is 13.8. The Morgan fingerprint density at radius 1 is 1.16 bits per heavy atom. The third-order valence-electron chi connectivity index (χ3n) is 3.30. The van der Waals surface area contributed by atoms with Gasteiger partial charge in [0.25, 0.3) is 0 Å². The lowest BCUT2D eigenvalue weighted by Crippen LogP contribution is -2.36. The summed E-state index contributed by atoms with van der Waals surface area (Å²) in [6, 6.07) is 14.5. The van der Waals surface area contributed by atoms with E-state index in [1.54, 1.807) is 0 Å². The highest BCUT2D eigenvalue weighted by Gasteiger charge is 2.24. The largest absolute Gasteiger partial charge is 0.465 e. The van der Waals surface area contributed by atoms with Crippen LogP contribution in [0.4, 0.5) is 0 Å². The fourth-order valence-corrected chi connectivity index (χ4v) is 2.46. The van der Waals surface area contributed by atoms with E-state index < -0.39 is 0 Å². The Morgan fingerprint density at radius 2 is 1.84 bits per heavy atom. The second kappa shape index (κ2) is 6.04. The Morgan fingerprint density at radius 3 is 2.37 bits per heavy atom. The van der Waals surface area contributed by atoms with Gasteiger partial charge in [-0.2, -0.15) is 0 Å². The minimum absolute atomic E-state index is 0.0132. The van der Waals surface area contributed by atoms with Gasteiger partial charge in [-0.1, -0.05) is 30.3 Å². The predicted molar refractivity (Wildman–Crippen MR) is 77.7 cm³/mol. The topological polar surface area (TPSA) is 42.4 Å². The summed E-state index contributed by atoms with van der Waals surface area (Å²) >= 11 is 0. The molecule has 3 nitrogen and oxygen atoms in total. The monoisotopic (exact) mass is 258 g/mol. The van der Waals surface area contributed by atoms with Gasteiger partial charge < -0.3 is 10.2 Å². The zero-order valence-corrected chi connectivity index (χ0v) is 11.8. The first-order valence-corrected chi connectivity index (χ1v) is 6.64. The van der Waals surface area contributed by atoms with Crippen LogP contribution in [-0.4, -0.2) is 18.0 Å². The highest BCUT2D eigenvalue weighted by atomic mass is 16.3. The zero-order valence-electron chi connectivity index (χ0n) is 11.8. The Balaban J connectivity index is 2.15. The molecular formula is C16H22N2O. The van der Waals surface area contributed by atoms with Crippen molar-refractivity contribution in [3.8, 4) is 0 Å². The SMILES string of the molecule is Cc1ccc(C(C(C)N)N(C)Cc2ccccc2)o1. The van der Waals surface area contributed by atoms with Crippen LogP contribution in [0, 0.1) is 6.92 Å². The average molecular weight is 258 g/mol. The molecule has 0 bridgehead atoms. The van der Waals surface area contributed by atoms with E-state index in [4.69, 9.17) is 10.2 Å². The Hall–Kier alpha value is -1.58. The van der Waals surface area contributed by atoms with Crippen molar-refractivity contribution in [1.29, 1.82) is 0 Å². The van der Waals surface area contributed by atoms with E-state index in [0.29, 0.717) is 0 Å². The molecule has 3 heteroatoms. The molecule has 2 atom stereocenters. The van der Waals surface area contributed by atoms with Crippen LogP contribution in [-0.2, 0) is 6.54 Å². The van der Waals surface area contributed by atoms with Crippen LogP contribution in [0.3, 0.4) is 0 Å². The van der Waals surface area contributed by atoms with Gasteiger partial charge in [0.2, 0.25) is 0 Å². The quantitative estimate of drug-likeness (QED) is 0.896. The maximum atomic E-state index is 6.13. The number of aryl methyl sites for hydroxylation is 1. The van der Waals surface area contributed by atoms with Crippen LogP contribution in [0.15, 0.2) is 46.9 Å². The normalized spacial score (nSPS) is 14.6. The van der Waals surface area contributed by atoms with E-state index in [0.717, 1.165) is 18.1 Å². The summed E-state index contributed by atoms with van der Waals surface area (Å²) in [5.41, 5.74) is 7.41. The van der Waals surface area contributed by atoms with Crippen LogP contribution in [0.25, 0.3) is 0 Å². The number of hydrogen-bond acceptors (Lipinski definition) is 3. The molecule has 2 N–H and O–H groups in total. The number of rotatable bonds is 5. The van der Waals surface area contributed by atoms with Crippen LogP contribution in [0.5, 0.6) is 0 Å². The van der Waals surface area contributed by atoms with Crippen molar-refractivity contribution in [2.75, 3.05) is 7.05 Å². The van der Waals surface area contributed by atoms with Gasteiger partial charge in [-0.25, -0.2) is 0 Å². The van der Waals surface area contributed by atoms with Gasteiger partial charge in [0, 0.05) is 12.6 Å². The molecule has 1 aromatic carbocycles. The molecule has 0 aliphatic carbocycles. The van der Waals surface area contributed by atoms with Gasteiger partial charge in [-0.05, 0) is 38.6 Å². The Kier molecular flexibility index (Phi) is 4.40. The van der Waals surface area contributed by atoms with Gasteiger partial charge in [-0.3, -0.25) is 4.90 Å². The third kappa shape index (κ3) is 3.46. The molecule has 2 aromatic rings. The highest BCUT2D eigenvalue weighted by molar-refractivity contribution is 5.16. The van der Waals surface area contributed by atoms with E-state index in [1.165, 1.54) is 5.56 Å². The lowest BCUT2D eigenvalue weighted by Gasteiger charge is -2.29. The number of nitrogens with zero attached hydrogens (tertiary/aromatic N) is 1. The van der Waals surface area contributed by atoms with Crippen LogP contribution in [0.1, 0.15) is 30.0 Å². The molecule has 0 spiro atoms. The number of likely N-dealkylation sites (N-methyl/N-ethyl adjacent to an activating group) is 1. The average Bonchev–Trinajstić information content (AvgIpc) is 2.76. The summed E-state index contributed by atoms with van der Waals surface area (Å²) in [6.07, 6.45) is 0. The van der Waals surface area contributed by atoms with Crippen LogP contribution >= 0.6 is 0 Å². The maximum Gasteiger partial charge on any atom is 0.122 e. The lowest BCUT2D eigenvalue weighted by molar-refractivity contribution is 0.182. The standard InChI is InChI=1S/C16H22N2O/c1-12-9-10-15(19-12)16(13(2)17)18(3)11-14-7-5-4-6-8-14/h4-10,13,16H,11,17H2,1-3H3. The van der Waals surface area contributed by atoms with Crippen molar-refractivity contribution < 1.29 is 4.42 Å². The highest BCUT2D eigenvalue weighted by Crippen LogP contribution is 2.25. The van der Waals surface area contributed by atoms with Crippen LogP contribution in [0.2, 0.25) is 0 Å². The molecule has 0 saturated heterocycles. The van der Waals surface area contributed by atoms with E-state index in [2.05, 4.69) is 36.2 Å². The smallest absolute Gasteiger partial charge is 0.122 e. The molecule has 0 radical (unpaired) electrons. The molecule has 0 fully saturated rings. The molecule has 2 unspecified atom stereocenters. The Bertz CT molecular complexity index is 504. The number of nitrogens with two attached hydrogens (primary N) is 1. The fourth-order valence-electron chi connectivity index (χ4n) is 2.46. The zero-order chi connectivity index (χ0) is 13.8. The summed E-state index contributed by atoms with van der Waals surface area (Å²) in [7, 11) is 2.08. The van der Waals surface area contributed by atoms with Gasteiger partial charge in [0.15, 0.2) is 0 Å². The van der Waals surface area contributed by atoms with Gasteiger partial charge >= 0.3 is 0 Å². The Labute approximate surface area is 115 Å². The molecule has 0 saturated carbocycles. The number of hydrogen-bond donors (Lipinski definition) is 1. The third-order valence-corrected chi connectivity index (χ3v) is 3.30. The summed E-state index contributed by atoms with van der Waals surface area (Å²) < 4.78 is 5.74. The molecule has 1 aromatic heterocycles. The summed E-state index contributed by atoms with van der Waals surface area (Å²) in [5.74, 6) is 1.86. The van der Waals surface area contributed by atoms with Crippen molar-refractivity contribution in [2.45, 2.75) is 32.5 Å². The van der Waals surface area contributed by atoms with E-state index in [9.17, 15) is 0 Å². The van der Waals surface area contributed by atoms with Gasteiger partial charge in [0.1, 0.15) is 11.5 Å². The fraction of sp³-hybridized carbons (Fsp3) is 0.375. The molecule has 2 rings (SSSR count). The van der Waals surface area contributed by atoms with E-state index in [1.807, 2.05) is 32.0 Å². The summed E-state index contributed by atoms with van der Waals surface area (Å²) in [5, 5.41) is 0. The molecule has 1 heterocycles. The molecule has 0 aliphatic rings. The number of furan rings is 1. The van der Waals surface area contributed by atoms with Gasteiger partial charge in [-0.15, -0.1) is 0 Å². The van der Waals surface area contributed by atoms with Crippen molar-refractivity contribution >= 4 is 0 Å². The van der Waals surface area contributed by atoms with Crippen molar-refractivity contribution in [3.05, 3.63) is 59.5 Å². The molecule has 19 heavy (non-hydrogen) atoms. The molecular weight excluding hydrogens is 236 g/mol. The minimum atomic E-state index is 0.0132. The maximum absolute atomic E-state index is 6.13. The van der Waals surface area contributed by atoms with Crippen LogP contribution < -0.4 is 5.73 Å². The van der Waals surface area contributed by atoms with Gasteiger partial charge in [0.05, 0.1) is 6.04 Å². The molecule has 102 valence electrons. The summed E-state index contributed by atoms with van der Waals surface area (Å²) in [4.78, 5) is 2.23. The lowest BCUT2D eigenvalue weighted by atomic mass is 10.1. The second-order valence-electron chi connectivity index (χ2n) is 5.15. The molecule has 0 amide bonds. The second-order valence-corrected chi connectivity index (χ2v) is 5.15. The number of benzene rings is 1. The van der Waals surface area contributed by atoms with Crippen molar-refractivity contribution in [1.82, 2.24) is 4.90 Å². The van der Waals surface area contributed by atoms with Crippen molar-refractivity contribution in [2.24, 2.45) is 5.73 Å². The summed E-state index contributed by atoms with van der Waals surface area (Å²) in [6.45, 7) is 4.83. The first-order chi connectivity index (χ1) is 9.08. The first-order valence-electron chi connectivity index (χ1n) is 6.64. The minimum Gasteiger partial charge on any atom is -0.465 e. The predicted octanol–water partition coefficient (Wildman–Crippen LogP) is 3.11. The molecule has 0 aliphatic heterocycles. The van der Waals surface area contributed by atoms with E-state index >= 15 is 0 Å². The van der Waals surface area contributed by atoms with Crippen molar-refractivity contribution in [3.63, 3.8) is 0 Å².